The van der Waals surface area contributed by atoms with Crippen molar-refractivity contribution in [3.8, 4) is 0 Å². The van der Waals surface area contributed by atoms with Crippen LogP contribution in [-0.2, 0) is 14.3 Å². The quantitative estimate of drug-likeness (QED) is 0.506. The molecule has 0 aliphatic rings. The van der Waals surface area contributed by atoms with E-state index in [9.17, 15) is 9.59 Å². The predicted octanol–water partition coefficient (Wildman–Crippen LogP) is -0.889. The van der Waals surface area contributed by atoms with Gasteiger partial charge in [0.1, 0.15) is 13.2 Å². The molecule has 0 amide bonds. The fourth-order valence-corrected chi connectivity index (χ4v) is 0.228. The van der Waals surface area contributed by atoms with Crippen molar-refractivity contribution in [1.82, 2.24) is 0 Å². The molecule has 4 nitrogen and oxygen atoms in total. The van der Waals surface area contributed by atoms with Crippen LogP contribution in [0, 0.1) is 0 Å². The number of carbonyl (C=O) groups excluding carboxylic acids is 2. The third-order valence-corrected chi connectivity index (χ3v) is 0.566. The van der Waals surface area contributed by atoms with E-state index in [1.807, 2.05) is 0 Å². The van der Waals surface area contributed by atoms with Gasteiger partial charge in [-0.2, -0.15) is 0 Å². The van der Waals surface area contributed by atoms with Crippen molar-refractivity contribution in [1.29, 1.82) is 0 Å². The zero-order chi connectivity index (χ0) is 7.28. The van der Waals surface area contributed by atoms with Gasteiger partial charge in [0.15, 0.2) is 5.78 Å². The summed E-state index contributed by atoms with van der Waals surface area (Å²) < 4.78 is 4.21. The van der Waals surface area contributed by atoms with Crippen LogP contribution in [0.3, 0.4) is 0 Å². The van der Waals surface area contributed by atoms with Crippen LogP contribution in [0.4, 0.5) is 0 Å². The van der Waals surface area contributed by atoms with Gasteiger partial charge in [-0.1, -0.05) is 0 Å². The third kappa shape index (κ3) is 4.96. The number of aliphatic hydroxyl groups excluding tert-OH is 1. The molecule has 0 bridgehead atoms. The molecule has 0 saturated heterocycles. The van der Waals surface area contributed by atoms with E-state index in [1.165, 1.54) is 6.92 Å². The number of hydrogen-bond acceptors (Lipinski definition) is 4. The lowest BCUT2D eigenvalue weighted by Crippen LogP contribution is -2.13. The van der Waals surface area contributed by atoms with E-state index < -0.39 is 12.6 Å². The molecular weight excluding hydrogens is 124 g/mol. The summed E-state index contributed by atoms with van der Waals surface area (Å²) in [4.78, 5) is 20.2. The Morgan fingerprint density at radius 1 is 1.56 bits per heavy atom. The van der Waals surface area contributed by atoms with E-state index >= 15 is 0 Å². The first-order valence-corrected chi connectivity index (χ1v) is 2.42. The lowest BCUT2D eigenvalue weighted by Gasteiger charge is -1.96. The van der Waals surface area contributed by atoms with Crippen molar-refractivity contribution in [3.63, 3.8) is 0 Å². The molecule has 0 aliphatic heterocycles. The molecular formula is C5H8O4. The molecule has 0 aromatic carbocycles. The molecule has 0 heterocycles. The standard InChI is InChI=1S/C5H8O4/c1-4(7)3-9-5(8)2-6/h6H,2-3H2,1H3. The van der Waals surface area contributed by atoms with E-state index in [1.54, 1.807) is 0 Å². The number of esters is 1. The van der Waals surface area contributed by atoms with Gasteiger partial charge in [0.2, 0.25) is 0 Å². The van der Waals surface area contributed by atoms with Gasteiger partial charge < -0.3 is 9.84 Å². The van der Waals surface area contributed by atoms with Crippen molar-refractivity contribution in [2.45, 2.75) is 6.92 Å². The average molecular weight is 132 g/mol. The van der Waals surface area contributed by atoms with Gasteiger partial charge in [0.25, 0.3) is 0 Å². The molecule has 0 spiro atoms. The fourth-order valence-electron chi connectivity index (χ4n) is 0.228. The molecule has 0 fully saturated rings. The minimum absolute atomic E-state index is 0.239. The summed E-state index contributed by atoms with van der Waals surface area (Å²) in [5.41, 5.74) is 0. The molecule has 0 atom stereocenters. The molecule has 0 radical (unpaired) electrons. The van der Waals surface area contributed by atoms with Gasteiger partial charge in [0.05, 0.1) is 0 Å². The molecule has 1 N–H and O–H groups in total. The summed E-state index contributed by atoms with van der Waals surface area (Å²) >= 11 is 0. The van der Waals surface area contributed by atoms with Crippen LogP contribution >= 0.6 is 0 Å². The Morgan fingerprint density at radius 2 is 2.11 bits per heavy atom. The van der Waals surface area contributed by atoms with Crippen LogP contribution < -0.4 is 0 Å². The highest BCUT2D eigenvalue weighted by molar-refractivity contribution is 5.80. The zero-order valence-corrected chi connectivity index (χ0v) is 5.09. The van der Waals surface area contributed by atoms with Crippen molar-refractivity contribution in [2.24, 2.45) is 0 Å². The summed E-state index contributed by atoms with van der Waals surface area (Å²) in [5, 5.41) is 8.06. The Labute approximate surface area is 52.4 Å². The van der Waals surface area contributed by atoms with Crippen LogP contribution in [0.5, 0.6) is 0 Å². The summed E-state index contributed by atoms with van der Waals surface area (Å²) in [6.45, 7) is 0.372. The van der Waals surface area contributed by atoms with Gasteiger partial charge in [-0.3, -0.25) is 4.79 Å². The maximum atomic E-state index is 10.1. The van der Waals surface area contributed by atoms with Crippen molar-refractivity contribution >= 4 is 11.8 Å². The molecule has 0 saturated carbocycles. The van der Waals surface area contributed by atoms with Crippen molar-refractivity contribution in [3.05, 3.63) is 0 Å². The largest absolute Gasteiger partial charge is 0.456 e. The molecule has 0 aliphatic carbocycles. The van der Waals surface area contributed by atoms with Gasteiger partial charge in [-0.25, -0.2) is 4.79 Å². The topological polar surface area (TPSA) is 63.6 Å². The smallest absolute Gasteiger partial charge is 0.332 e. The highest BCUT2D eigenvalue weighted by Gasteiger charge is 1.99. The number of carbonyl (C=O) groups is 2. The van der Waals surface area contributed by atoms with Gasteiger partial charge >= 0.3 is 5.97 Å². The molecule has 0 unspecified atom stereocenters. The molecule has 9 heavy (non-hydrogen) atoms. The van der Waals surface area contributed by atoms with Crippen LogP contribution in [0.25, 0.3) is 0 Å². The Balaban J connectivity index is 3.28. The number of aliphatic hydroxyl groups is 1. The molecule has 0 aromatic heterocycles. The minimum Gasteiger partial charge on any atom is -0.456 e. The predicted molar refractivity (Wildman–Crippen MR) is 28.7 cm³/mol. The molecule has 4 heteroatoms. The highest BCUT2D eigenvalue weighted by Crippen LogP contribution is 1.76. The normalized spacial score (nSPS) is 8.67. The second-order valence-corrected chi connectivity index (χ2v) is 1.52. The number of ketones is 1. The lowest BCUT2D eigenvalue weighted by atomic mass is 10.5. The van der Waals surface area contributed by atoms with E-state index in [0.29, 0.717) is 0 Å². The summed E-state index contributed by atoms with van der Waals surface area (Å²) in [6, 6.07) is 0. The van der Waals surface area contributed by atoms with Crippen LogP contribution in [0.15, 0.2) is 0 Å². The van der Waals surface area contributed by atoms with Crippen LogP contribution in [0.2, 0.25) is 0 Å². The lowest BCUT2D eigenvalue weighted by molar-refractivity contribution is -0.150. The number of rotatable bonds is 3. The Bertz CT molecular complexity index is 118. The monoisotopic (exact) mass is 132 g/mol. The molecule has 52 valence electrons. The van der Waals surface area contributed by atoms with E-state index in [-0.39, 0.29) is 12.4 Å². The van der Waals surface area contributed by atoms with Crippen LogP contribution in [-0.4, -0.2) is 30.1 Å². The van der Waals surface area contributed by atoms with Gasteiger partial charge in [0, 0.05) is 0 Å². The first-order valence-electron chi connectivity index (χ1n) is 2.42. The number of ether oxygens (including phenoxy) is 1. The van der Waals surface area contributed by atoms with E-state index in [0.717, 1.165) is 0 Å². The SMILES string of the molecule is CC(=O)COC(=O)CO. The first kappa shape index (κ1) is 8.10. The maximum Gasteiger partial charge on any atom is 0.332 e. The fraction of sp³-hybridized carbons (Fsp3) is 0.600. The summed E-state index contributed by atoms with van der Waals surface area (Å²) in [5.74, 6) is -1.01. The minimum atomic E-state index is -0.773. The third-order valence-electron chi connectivity index (χ3n) is 0.566. The van der Waals surface area contributed by atoms with Gasteiger partial charge in [-0.15, -0.1) is 0 Å². The Morgan fingerprint density at radius 3 is 2.44 bits per heavy atom. The Kier molecular flexibility index (Phi) is 3.62. The van der Waals surface area contributed by atoms with Gasteiger partial charge in [-0.05, 0) is 6.92 Å². The highest BCUT2D eigenvalue weighted by atomic mass is 16.5. The number of Topliss-reactive ketones (excluding diaryl/α,β-unsaturated/α-hetero) is 1. The summed E-state index contributed by atoms with van der Waals surface area (Å²) in [7, 11) is 0. The maximum absolute atomic E-state index is 10.1. The van der Waals surface area contributed by atoms with Crippen molar-refractivity contribution in [2.75, 3.05) is 13.2 Å². The summed E-state index contributed by atoms with van der Waals surface area (Å²) in [6.07, 6.45) is 0. The van der Waals surface area contributed by atoms with Crippen LogP contribution in [0.1, 0.15) is 6.92 Å². The van der Waals surface area contributed by atoms with E-state index in [4.69, 9.17) is 5.11 Å². The Hall–Kier alpha value is -0.900. The average Bonchev–Trinajstić information content (AvgIpc) is 1.83. The number of hydrogen-bond donors (Lipinski definition) is 1. The second kappa shape index (κ2) is 4.03. The van der Waals surface area contributed by atoms with E-state index in [2.05, 4.69) is 4.74 Å². The second-order valence-electron chi connectivity index (χ2n) is 1.52. The first-order chi connectivity index (χ1) is 4.16. The zero-order valence-electron chi connectivity index (χ0n) is 5.09. The molecule has 0 aromatic rings. The molecule has 0 rings (SSSR count). The van der Waals surface area contributed by atoms with Crippen molar-refractivity contribution < 1.29 is 19.4 Å².